The molecule has 5 rings (SSSR count). The second-order valence-corrected chi connectivity index (χ2v) is 22.0. The predicted molar refractivity (Wildman–Crippen MR) is 266 cm³/mol. The number of ether oxygens (including phenoxy) is 6. The number of rotatable bonds is 16. The van der Waals surface area contributed by atoms with Gasteiger partial charge < -0.3 is 74.0 Å². The molecule has 4 heterocycles. The van der Waals surface area contributed by atoms with Crippen molar-refractivity contribution in [2.75, 3.05) is 40.9 Å². The van der Waals surface area contributed by atoms with Gasteiger partial charge in [0.05, 0.1) is 58.8 Å². The average molecular weight is 1040 g/mol. The van der Waals surface area contributed by atoms with Crippen molar-refractivity contribution < 1.29 is 73.9 Å². The summed E-state index contributed by atoms with van der Waals surface area (Å²) in [4.78, 5) is 29.0. The molecule has 22 nitrogen and oxygen atoms in total. The Hall–Kier alpha value is -3.33. The van der Waals surface area contributed by atoms with E-state index < -0.39 is 132 Å². The number of esters is 1. The molecule has 1 aromatic carbocycles. The van der Waals surface area contributed by atoms with Gasteiger partial charge in [0.2, 0.25) is 0 Å². The van der Waals surface area contributed by atoms with Gasteiger partial charge in [-0.15, -0.1) is 5.10 Å². The predicted octanol–water partition coefficient (Wildman–Crippen LogP) is 2.67. The molecule has 3 saturated heterocycles. The summed E-state index contributed by atoms with van der Waals surface area (Å²) in [6.07, 6.45) is -8.07. The quantitative estimate of drug-likeness (QED) is 0.0722. The second-order valence-electron chi connectivity index (χ2n) is 22.0. The molecule has 0 aliphatic carbocycles. The van der Waals surface area contributed by atoms with Gasteiger partial charge in [-0.05, 0) is 125 Å². The van der Waals surface area contributed by atoms with E-state index in [1.807, 2.05) is 37.7 Å². The SMILES string of the molecule is CC[C@H]1OC(=O)[C@H](C)[C@@H](O[C@H]2C[C@@](C)(OC)[C@@H](O)[C@H](C)O2)[C@H](C)[C@@H](O[C@@H]2O[C@H](C)C[C@H](N(C)CCCc3cn([C@H](CO)[C@H](O)c4ccc([N+](=O)[O-])cc4)nn3)[C@H]2O)[C@](C)(O)C[C@@H](C)CN(C)[C@H](C)[C@@H](O)[C@]1(C)O. The molecule has 3 aliphatic heterocycles. The number of likely N-dealkylation sites (N-methyl/N-ethyl adjacent to an activating group) is 2. The van der Waals surface area contributed by atoms with E-state index in [9.17, 15) is 50.7 Å². The van der Waals surface area contributed by atoms with Gasteiger partial charge in [-0.2, -0.15) is 0 Å². The summed E-state index contributed by atoms with van der Waals surface area (Å²) in [5.74, 6) is -2.91. The van der Waals surface area contributed by atoms with Crippen LogP contribution in [0, 0.1) is 27.9 Å². The summed E-state index contributed by atoms with van der Waals surface area (Å²) in [7, 11) is 5.19. The zero-order valence-corrected chi connectivity index (χ0v) is 45.1. The van der Waals surface area contributed by atoms with Gasteiger partial charge in [0.1, 0.15) is 42.2 Å². The van der Waals surface area contributed by atoms with Crippen LogP contribution in [0.2, 0.25) is 0 Å². The third-order valence-corrected chi connectivity index (χ3v) is 15.9. The Kier molecular flexibility index (Phi) is 20.9. The van der Waals surface area contributed by atoms with Crippen molar-refractivity contribution in [3.8, 4) is 0 Å². The average Bonchev–Trinajstić information content (AvgIpc) is 3.80. The highest BCUT2D eigenvalue weighted by atomic mass is 16.7. The Labute approximate surface area is 430 Å². The molecule has 20 atom stereocenters. The van der Waals surface area contributed by atoms with Crippen LogP contribution < -0.4 is 0 Å². The van der Waals surface area contributed by atoms with Crippen LogP contribution in [0.1, 0.15) is 125 Å². The Bertz CT molecular complexity index is 2070. The van der Waals surface area contributed by atoms with Gasteiger partial charge in [-0.1, -0.05) is 26.0 Å². The molecule has 3 fully saturated rings. The fourth-order valence-electron chi connectivity index (χ4n) is 11.3. The number of carbonyl (C=O) groups excluding carboxylic acids is 1. The number of aromatic nitrogens is 3. The number of cyclic esters (lactones) is 1. The minimum atomic E-state index is -1.86. The Morgan fingerprint density at radius 2 is 1.66 bits per heavy atom. The summed E-state index contributed by atoms with van der Waals surface area (Å²) < 4.78 is 39.5. The van der Waals surface area contributed by atoms with Crippen LogP contribution in [-0.2, 0) is 39.6 Å². The lowest BCUT2D eigenvalue weighted by atomic mass is 9.77. The number of carbonyl (C=O) groups is 1. The standard InChI is InChI=1S/C51H86N6O16/c1-14-39-51(10,65)44(61)32(6)55(12)25-28(2)23-49(8,64)46(30(4)43(31(5)47(63)71-39)72-40-24-50(9,68-13)45(62)33(7)70-40)73-48-42(60)37(22-29(3)69-48)54(11)21-15-16-35-26-56(53-52-35)38(27-58)41(59)34-17-19-36(20-18-34)57(66)67/h17-20,26,28-33,37-46,48,58-62,64-65H,14-16,21-25,27H2,1-13H3/t28-,29-,30+,31-,32-,33+,37+,38-,39-,40+,41-,42-,43+,44-,45+,46-,48+,49-,50-,51-/m1/s1. The molecule has 73 heavy (non-hydrogen) atoms. The third-order valence-electron chi connectivity index (χ3n) is 15.9. The Morgan fingerprint density at radius 1 is 1.00 bits per heavy atom. The highest BCUT2D eigenvalue weighted by Crippen LogP contribution is 2.40. The molecule has 1 aromatic heterocycles. The fraction of sp³-hybridized carbons (Fsp3) is 0.824. The maximum Gasteiger partial charge on any atom is 0.311 e. The van der Waals surface area contributed by atoms with Crippen LogP contribution >= 0.6 is 0 Å². The van der Waals surface area contributed by atoms with Crippen LogP contribution in [0.3, 0.4) is 0 Å². The number of benzene rings is 1. The van der Waals surface area contributed by atoms with Crippen molar-refractivity contribution in [3.63, 3.8) is 0 Å². The van der Waals surface area contributed by atoms with Gasteiger partial charge >= 0.3 is 5.97 Å². The maximum absolute atomic E-state index is 14.5. The number of nitro benzene ring substituents is 1. The Morgan fingerprint density at radius 3 is 2.26 bits per heavy atom. The van der Waals surface area contributed by atoms with E-state index in [4.69, 9.17) is 28.4 Å². The van der Waals surface area contributed by atoms with Crippen molar-refractivity contribution in [1.82, 2.24) is 24.8 Å². The van der Waals surface area contributed by atoms with E-state index in [0.29, 0.717) is 43.6 Å². The first-order chi connectivity index (χ1) is 34.1. The smallest absolute Gasteiger partial charge is 0.311 e. The fourth-order valence-corrected chi connectivity index (χ4v) is 11.3. The molecule has 22 heteroatoms. The largest absolute Gasteiger partial charge is 0.459 e. The van der Waals surface area contributed by atoms with Crippen molar-refractivity contribution in [3.05, 3.63) is 51.8 Å². The number of non-ortho nitro benzene ring substituents is 1. The number of nitro groups is 1. The van der Waals surface area contributed by atoms with Crippen molar-refractivity contribution in [2.24, 2.45) is 17.8 Å². The van der Waals surface area contributed by atoms with Crippen molar-refractivity contribution in [2.45, 2.75) is 210 Å². The molecule has 0 spiro atoms. The Balaban J connectivity index is 1.41. The molecule has 0 radical (unpaired) electrons. The first-order valence-corrected chi connectivity index (χ1v) is 25.8. The van der Waals surface area contributed by atoms with E-state index in [2.05, 4.69) is 10.3 Å². The van der Waals surface area contributed by atoms with Gasteiger partial charge in [0.25, 0.3) is 5.69 Å². The molecule has 2 aromatic rings. The van der Waals surface area contributed by atoms with E-state index in [-0.39, 0.29) is 30.9 Å². The van der Waals surface area contributed by atoms with Gasteiger partial charge in [0.15, 0.2) is 12.6 Å². The lowest BCUT2D eigenvalue weighted by Gasteiger charge is -2.49. The third kappa shape index (κ3) is 14.2. The molecule has 0 unspecified atom stereocenters. The number of aryl methyl sites for hydroxylation is 1. The topological polar surface area (TPSA) is 294 Å². The summed E-state index contributed by atoms with van der Waals surface area (Å²) in [5, 5.41) is 100. The van der Waals surface area contributed by atoms with Crippen LogP contribution in [0.5, 0.6) is 0 Å². The van der Waals surface area contributed by atoms with Crippen molar-refractivity contribution >= 4 is 11.7 Å². The summed E-state index contributed by atoms with van der Waals surface area (Å²) in [6.45, 7) is 17.7. The highest BCUT2D eigenvalue weighted by molar-refractivity contribution is 5.73. The van der Waals surface area contributed by atoms with Crippen LogP contribution in [0.25, 0.3) is 0 Å². The molecule has 416 valence electrons. The summed E-state index contributed by atoms with van der Waals surface area (Å²) >= 11 is 0. The van der Waals surface area contributed by atoms with Crippen LogP contribution in [0.15, 0.2) is 30.5 Å². The molecular formula is C51H86N6O16. The van der Waals surface area contributed by atoms with Crippen molar-refractivity contribution in [1.29, 1.82) is 0 Å². The zero-order valence-electron chi connectivity index (χ0n) is 45.1. The molecule has 0 bridgehead atoms. The number of aliphatic hydroxyl groups excluding tert-OH is 5. The molecule has 7 N–H and O–H groups in total. The van der Waals surface area contributed by atoms with Crippen LogP contribution in [-0.4, -0.2) is 203 Å². The van der Waals surface area contributed by atoms with E-state index in [1.54, 1.807) is 54.7 Å². The number of hydrogen-bond donors (Lipinski definition) is 7. The summed E-state index contributed by atoms with van der Waals surface area (Å²) in [5.41, 5.74) is -3.78. The molecule has 3 aliphatic rings. The first kappa shape index (κ1) is 60.5. The van der Waals surface area contributed by atoms with Gasteiger partial charge in [-0.3, -0.25) is 14.9 Å². The number of hydrogen-bond acceptors (Lipinski definition) is 20. The summed E-state index contributed by atoms with van der Waals surface area (Å²) in [6, 6.07) is 3.45. The molecular weight excluding hydrogens is 953 g/mol. The van der Waals surface area contributed by atoms with Crippen LogP contribution in [0.4, 0.5) is 5.69 Å². The van der Waals surface area contributed by atoms with Gasteiger partial charge in [-0.25, -0.2) is 4.68 Å². The number of methoxy groups -OCH3 is 1. The number of nitrogens with zero attached hydrogens (tertiary/aromatic N) is 6. The number of aliphatic hydroxyl groups is 7. The monoisotopic (exact) mass is 1040 g/mol. The lowest BCUT2D eigenvalue weighted by Crippen LogP contribution is -2.60. The zero-order chi connectivity index (χ0) is 54.5. The van der Waals surface area contributed by atoms with E-state index >= 15 is 0 Å². The normalized spacial score (nSPS) is 39.6. The molecule has 0 saturated carbocycles. The lowest BCUT2D eigenvalue weighted by molar-refractivity contribution is -0.384. The molecule has 0 amide bonds. The first-order valence-electron chi connectivity index (χ1n) is 25.8. The van der Waals surface area contributed by atoms with E-state index in [1.165, 1.54) is 43.0 Å². The maximum atomic E-state index is 14.5. The minimum absolute atomic E-state index is 0.0760. The van der Waals surface area contributed by atoms with Gasteiger partial charge in [0, 0.05) is 56.4 Å². The minimum Gasteiger partial charge on any atom is -0.459 e. The van der Waals surface area contributed by atoms with E-state index in [0.717, 1.165) is 0 Å². The highest BCUT2D eigenvalue weighted by Gasteiger charge is 2.53. The second kappa shape index (κ2) is 25.2.